The largest absolute Gasteiger partial charge is 0.298 e. The fourth-order valence-electron chi connectivity index (χ4n) is 2.36. The van der Waals surface area contributed by atoms with E-state index < -0.39 is 0 Å². The number of aromatic nitrogens is 2. The Morgan fingerprint density at radius 3 is 2.89 bits per heavy atom. The summed E-state index contributed by atoms with van der Waals surface area (Å²) in [5, 5.41) is 5.06. The van der Waals surface area contributed by atoms with Crippen LogP contribution < -0.4 is 0 Å². The van der Waals surface area contributed by atoms with Crippen molar-refractivity contribution < 1.29 is 4.79 Å². The average Bonchev–Trinajstić information content (AvgIpc) is 2.95. The molecule has 0 amide bonds. The molecule has 1 aromatic heterocycles. The van der Waals surface area contributed by atoms with Gasteiger partial charge >= 0.3 is 0 Å². The van der Waals surface area contributed by atoms with Crippen LogP contribution in [-0.4, -0.2) is 26.6 Å². The van der Waals surface area contributed by atoms with Crippen LogP contribution in [0.25, 0.3) is 0 Å². The molecule has 100 valence electrons. The molecule has 18 heavy (non-hydrogen) atoms. The summed E-state index contributed by atoms with van der Waals surface area (Å²) in [6.45, 7) is 4.24. The number of thioether (sulfide) groups is 1. The molecule has 0 spiro atoms. The Kier molecular flexibility index (Phi) is 4.87. The minimum atomic E-state index is 0.283. The van der Waals surface area contributed by atoms with Gasteiger partial charge in [0.15, 0.2) is 0 Å². The standard InChI is InChI=1S/C14H22N2OS/c1-11(2)18-10-14(17)9-12-7-8-16(15-12)13-5-3-4-6-13/h7-8,11,13H,3-6,9-10H2,1-2H3. The van der Waals surface area contributed by atoms with Gasteiger partial charge in [0.2, 0.25) is 0 Å². The van der Waals surface area contributed by atoms with Crippen LogP contribution in [0.2, 0.25) is 0 Å². The predicted molar refractivity (Wildman–Crippen MR) is 76.0 cm³/mol. The highest BCUT2D eigenvalue weighted by atomic mass is 32.2. The Bertz CT molecular complexity index is 394. The summed E-state index contributed by atoms with van der Waals surface area (Å²) in [5.41, 5.74) is 0.927. The molecule has 1 aromatic rings. The maximum absolute atomic E-state index is 11.8. The van der Waals surface area contributed by atoms with Crippen LogP contribution in [0.1, 0.15) is 51.3 Å². The molecule has 3 nitrogen and oxygen atoms in total. The van der Waals surface area contributed by atoms with Crippen LogP contribution in [0, 0.1) is 0 Å². The predicted octanol–water partition coefficient (Wildman–Crippen LogP) is 3.25. The van der Waals surface area contributed by atoms with Crippen LogP contribution >= 0.6 is 11.8 Å². The number of nitrogens with zero attached hydrogens (tertiary/aromatic N) is 2. The van der Waals surface area contributed by atoms with Gasteiger partial charge in [-0.3, -0.25) is 9.48 Å². The van der Waals surface area contributed by atoms with E-state index in [-0.39, 0.29) is 5.78 Å². The fraction of sp³-hybridized carbons (Fsp3) is 0.714. The van der Waals surface area contributed by atoms with Gasteiger partial charge in [0.05, 0.1) is 23.9 Å². The molecule has 1 aliphatic rings. The monoisotopic (exact) mass is 266 g/mol. The highest BCUT2D eigenvalue weighted by Crippen LogP contribution is 2.28. The van der Waals surface area contributed by atoms with Crippen molar-refractivity contribution in [3.05, 3.63) is 18.0 Å². The fourth-order valence-corrected chi connectivity index (χ4v) is 2.98. The molecule has 1 aliphatic carbocycles. The van der Waals surface area contributed by atoms with Gasteiger partial charge in [-0.25, -0.2) is 0 Å². The second kappa shape index (κ2) is 6.41. The van der Waals surface area contributed by atoms with E-state index >= 15 is 0 Å². The summed E-state index contributed by atoms with van der Waals surface area (Å²) >= 11 is 1.71. The summed E-state index contributed by atoms with van der Waals surface area (Å²) in [5.74, 6) is 0.888. The topological polar surface area (TPSA) is 34.9 Å². The van der Waals surface area contributed by atoms with Crippen LogP contribution in [-0.2, 0) is 11.2 Å². The van der Waals surface area contributed by atoms with Crippen molar-refractivity contribution in [3.63, 3.8) is 0 Å². The summed E-state index contributed by atoms with van der Waals surface area (Å²) in [6.07, 6.45) is 7.61. The van der Waals surface area contributed by atoms with E-state index in [9.17, 15) is 4.79 Å². The Labute approximate surface area is 113 Å². The van der Waals surface area contributed by atoms with Gasteiger partial charge in [-0.2, -0.15) is 16.9 Å². The first kappa shape index (κ1) is 13.7. The van der Waals surface area contributed by atoms with E-state index in [1.54, 1.807) is 11.8 Å². The van der Waals surface area contributed by atoms with Gasteiger partial charge in [0.1, 0.15) is 5.78 Å². The van der Waals surface area contributed by atoms with Crippen molar-refractivity contribution >= 4 is 17.5 Å². The molecule has 2 rings (SSSR count). The van der Waals surface area contributed by atoms with Crippen molar-refractivity contribution in [1.82, 2.24) is 9.78 Å². The zero-order valence-corrected chi connectivity index (χ0v) is 12.1. The number of carbonyl (C=O) groups is 1. The minimum absolute atomic E-state index is 0.283. The number of hydrogen-bond donors (Lipinski definition) is 0. The maximum atomic E-state index is 11.8. The molecule has 0 unspecified atom stereocenters. The van der Waals surface area contributed by atoms with E-state index in [1.807, 2.05) is 12.3 Å². The maximum Gasteiger partial charge on any atom is 0.148 e. The first-order valence-electron chi connectivity index (χ1n) is 6.82. The van der Waals surface area contributed by atoms with Gasteiger partial charge in [-0.1, -0.05) is 26.7 Å². The minimum Gasteiger partial charge on any atom is -0.298 e. The number of Topliss-reactive ketones (excluding diaryl/α,β-unsaturated/α-hetero) is 1. The summed E-state index contributed by atoms with van der Waals surface area (Å²) in [4.78, 5) is 11.8. The van der Waals surface area contributed by atoms with Crippen molar-refractivity contribution in [2.45, 2.75) is 57.2 Å². The zero-order chi connectivity index (χ0) is 13.0. The SMILES string of the molecule is CC(C)SCC(=O)Cc1ccn(C2CCCC2)n1. The van der Waals surface area contributed by atoms with Gasteiger partial charge < -0.3 is 0 Å². The third-order valence-corrected chi connectivity index (χ3v) is 4.47. The quantitative estimate of drug-likeness (QED) is 0.792. The van der Waals surface area contributed by atoms with E-state index in [4.69, 9.17) is 0 Å². The molecule has 0 N–H and O–H groups in total. The molecule has 1 saturated carbocycles. The third kappa shape index (κ3) is 3.87. The number of rotatable bonds is 6. The first-order valence-corrected chi connectivity index (χ1v) is 7.87. The lowest BCUT2D eigenvalue weighted by atomic mass is 10.2. The van der Waals surface area contributed by atoms with E-state index in [1.165, 1.54) is 25.7 Å². The Hall–Kier alpha value is -0.770. The molecule has 0 aliphatic heterocycles. The van der Waals surface area contributed by atoms with Crippen molar-refractivity contribution in [2.75, 3.05) is 5.75 Å². The molecule has 0 aromatic carbocycles. The summed E-state index contributed by atoms with van der Waals surface area (Å²) in [6, 6.07) is 2.56. The molecule has 0 bridgehead atoms. The van der Waals surface area contributed by atoms with Gasteiger partial charge in [-0.05, 0) is 24.2 Å². The molecular weight excluding hydrogens is 244 g/mol. The molecule has 1 fully saturated rings. The zero-order valence-electron chi connectivity index (χ0n) is 11.3. The number of carbonyl (C=O) groups excluding carboxylic acids is 1. The molecular formula is C14H22N2OS. The van der Waals surface area contributed by atoms with E-state index in [0.29, 0.717) is 23.5 Å². The second-order valence-corrected chi connectivity index (χ2v) is 6.87. The van der Waals surface area contributed by atoms with Crippen LogP contribution in [0.3, 0.4) is 0 Å². The normalized spacial score (nSPS) is 16.6. The lowest BCUT2D eigenvalue weighted by Crippen LogP contribution is -2.10. The first-order chi connectivity index (χ1) is 8.65. The molecule has 1 heterocycles. The second-order valence-electron chi connectivity index (χ2n) is 5.30. The molecule has 0 atom stereocenters. The van der Waals surface area contributed by atoms with Crippen molar-refractivity contribution in [2.24, 2.45) is 0 Å². The Balaban J connectivity index is 1.84. The van der Waals surface area contributed by atoms with Gasteiger partial charge in [-0.15, -0.1) is 0 Å². The van der Waals surface area contributed by atoms with Crippen molar-refractivity contribution in [3.8, 4) is 0 Å². The summed E-state index contributed by atoms with van der Waals surface area (Å²) < 4.78 is 2.06. The summed E-state index contributed by atoms with van der Waals surface area (Å²) in [7, 11) is 0. The van der Waals surface area contributed by atoms with Crippen LogP contribution in [0.4, 0.5) is 0 Å². The Morgan fingerprint density at radius 1 is 1.50 bits per heavy atom. The number of hydrogen-bond acceptors (Lipinski definition) is 3. The molecule has 0 saturated heterocycles. The lowest BCUT2D eigenvalue weighted by molar-refractivity contribution is -0.116. The van der Waals surface area contributed by atoms with Crippen LogP contribution in [0.5, 0.6) is 0 Å². The molecule has 4 heteroatoms. The smallest absolute Gasteiger partial charge is 0.148 e. The van der Waals surface area contributed by atoms with Gasteiger partial charge in [0.25, 0.3) is 0 Å². The molecule has 0 radical (unpaired) electrons. The highest BCUT2D eigenvalue weighted by molar-refractivity contribution is 8.00. The average molecular weight is 266 g/mol. The lowest BCUT2D eigenvalue weighted by Gasteiger charge is -2.08. The third-order valence-electron chi connectivity index (χ3n) is 3.32. The van der Waals surface area contributed by atoms with Crippen LogP contribution in [0.15, 0.2) is 12.3 Å². The van der Waals surface area contributed by atoms with Gasteiger partial charge in [0, 0.05) is 6.20 Å². The Morgan fingerprint density at radius 2 is 2.22 bits per heavy atom. The van der Waals surface area contributed by atoms with Crippen molar-refractivity contribution in [1.29, 1.82) is 0 Å². The highest BCUT2D eigenvalue weighted by Gasteiger charge is 2.18. The van der Waals surface area contributed by atoms with E-state index in [0.717, 1.165) is 5.69 Å². The number of ketones is 1. The van der Waals surface area contributed by atoms with E-state index in [2.05, 4.69) is 23.6 Å².